The Kier molecular flexibility index (Phi) is 9.75. The zero-order chi connectivity index (χ0) is 17.8. The molecular formula is C17H23NO5. The minimum atomic E-state index is -1.26. The largest absolute Gasteiger partial charge is 0.478 e. The molecule has 0 aromatic rings. The molecule has 1 amide bonds. The van der Waals surface area contributed by atoms with Crippen LogP contribution in [-0.2, 0) is 19.1 Å². The minimum absolute atomic E-state index is 0.178. The Morgan fingerprint density at radius 2 is 2.00 bits per heavy atom. The number of allylic oxidation sites excluding steroid dienone is 4. The lowest BCUT2D eigenvalue weighted by molar-refractivity contribution is -0.147. The third-order valence-electron chi connectivity index (χ3n) is 2.74. The molecule has 0 radical (unpaired) electrons. The molecule has 6 nitrogen and oxygen atoms in total. The van der Waals surface area contributed by atoms with E-state index in [-0.39, 0.29) is 18.6 Å². The Balaban J connectivity index is 5.07. The van der Waals surface area contributed by atoms with E-state index in [4.69, 9.17) is 9.84 Å². The van der Waals surface area contributed by atoms with E-state index in [9.17, 15) is 14.4 Å². The van der Waals surface area contributed by atoms with Gasteiger partial charge < -0.3 is 15.2 Å². The van der Waals surface area contributed by atoms with Crippen LogP contribution in [0.3, 0.4) is 0 Å². The van der Waals surface area contributed by atoms with Crippen LogP contribution in [0.15, 0.2) is 48.6 Å². The van der Waals surface area contributed by atoms with E-state index >= 15 is 0 Å². The van der Waals surface area contributed by atoms with Gasteiger partial charge in [0.2, 0.25) is 5.91 Å². The SMILES string of the molecule is C=C/C=C(\C=C/C)CC(NC(=O)CC(=C)C(=O)O)C(=O)OCC. The van der Waals surface area contributed by atoms with Crippen molar-refractivity contribution in [2.75, 3.05) is 6.61 Å². The molecular weight excluding hydrogens is 298 g/mol. The highest BCUT2D eigenvalue weighted by atomic mass is 16.5. The van der Waals surface area contributed by atoms with Gasteiger partial charge in [-0.15, -0.1) is 0 Å². The van der Waals surface area contributed by atoms with E-state index in [1.807, 2.05) is 6.92 Å². The first-order chi connectivity index (χ1) is 10.8. The molecule has 0 saturated heterocycles. The topological polar surface area (TPSA) is 92.7 Å². The Bertz CT molecular complexity index is 531. The Hall–Kier alpha value is -2.63. The van der Waals surface area contributed by atoms with Gasteiger partial charge in [-0.05, 0) is 19.4 Å². The number of carbonyl (C=O) groups excluding carboxylic acids is 2. The van der Waals surface area contributed by atoms with E-state index in [0.29, 0.717) is 0 Å². The van der Waals surface area contributed by atoms with E-state index < -0.39 is 30.3 Å². The lowest BCUT2D eigenvalue weighted by Crippen LogP contribution is -2.42. The van der Waals surface area contributed by atoms with Crippen molar-refractivity contribution in [3.8, 4) is 0 Å². The van der Waals surface area contributed by atoms with Crippen LogP contribution >= 0.6 is 0 Å². The number of aliphatic carboxylic acids is 1. The summed E-state index contributed by atoms with van der Waals surface area (Å²) in [5.74, 6) is -2.44. The van der Waals surface area contributed by atoms with Crippen molar-refractivity contribution in [2.45, 2.75) is 32.7 Å². The highest BCUT2D eigenvalue weighted by Crippen LogP contribution is 2.11. The van der Waals surface area contributed by atoms with Gasteiger partial charge in [0.1, 0.15) is 6.04 Å². The molecule has 2 N–H and O–H groups in total. The summed E-state index contributed by atoms with van der Waals surface area (Å²) in [7, 11) is 0. The fraction of sp³-hybridized carbons (Fsp3) is 0.353. The summed E-state index contributed by atoms with van der Waals surface area (Å²) in [4.78, 5) is 34.6. The summed E-state index contributed by atoms with van der Waals surface area (Å²) in [6.45, 7) is 10.6. The molecule has 0 rings (SSSR count). The van der Waals surface area contributed by atoms with Crippen molar-refractivity contribution in [2.24, 2.45) is 0 Å². The lowest BCUT2D eigenvalue weighted by Gasteiger charge is -2.18. The molecule has 0 saturated carbocycles. The normalized spacial score (nSPS) is 12.5. The van der Waals surface area contributed by atoms with Crippen LogP contribution in [0.25, 0.3) is 0 Å². The molecule has 0 aliphatic heterocycles. The summed E-state index contributed by atoms with van der Waals surface area (Å²) in [5, 5.41) is 11.2. The molecule has 6 heteroatoms. The Morgan fingerprint density at radius 1 is 1.35 bits per heavy atom. The second-order valence-corrected chi connectivity index (χ2v) is 4.64. The van der Waals surface area contributed by atoms with Crippen LogP contribution in [0.4, 0.5) is 0 Å². The molecule has 0 fully saturated rings. The Morgan fingerprint density at radius 3 is 2.48 bits per heavy atom. The number of rotatable bonds is 10. The van der Waals surface area contributed by atoms with E-state index in [0.717, 1.165) is 5.57 Å². The number of hydrogen-bond donors (Lipinski definition) is 2. The number of amides is 1. The van der Waals surface area contributed by atoms with Crippen molar-refractivity contribution < 1.29 is 24.2 Å². The second kappa shape index (κ2) is 11.0. The van der Waals surface area contributed by atoms with Gasteiger partial charge in [0.15, 0.2) is 0 Å². The van der Waals surface area contributed by atoms with Gasteiger partial charge in [0.05, 0.1) is 13.0 Å². The van der Waals surface area contributed by atoms with Gasteiger partial charge in [0.25, 0.3) is 0 Å². The molecule has 0 aliphatic carbocycles. The summed E-state index contributed by atoms with van der Waals surface area (Å²) in [5.41, 5.74) is 0.526. The summed E-state index contributed by atoms with van der Waals surface area (Å²) in [6, 6.07) is -0.911. The first-order valence-electron chi connectivity index (χ1n) is 7.17. The molecule has 23 heavy (non-hydrogen) atoms. The number of carboxylic acids is 1. The fourth-order valence-electron chi connectivity index (χ4n) is 1.74. The zero-order valence-corrected chi connectivity index (χ0v) is 13.5. The van der Waals surface area contributed by atoms with Gasteiger partial charge in [0, 0.05) is 12.0 Å². The van der Waals surface area contributed by atoms with Crippen LogP contribution in [0.5, 0.6) is 0 Å². The fourth-order valence-corrected chi connectivity index (χ4v) is 1.74. The van der Waals surface area contributed by atoms with E-state index in [2.05, 4.69) is 18.5 Å². The third kappa shape index (κ3) is 8.40. The lowest BCUT2D eigenvalue weighted by atomic mass is 10.0. The maximum absolute atomic E-state index is 12.0. The molecule has 126 valence electrons. The van der Waals surface area contributed by atoms with Crippen molar-refractivity contribution in [3.05, 3.63) is 48.6 Å². The number of carboxylic acid groups (broad SMARTS) is 1. The van der Waals surface area contributed by atoms with E-state index in [1.165, 1.54) is 0 Å². The van der Waals surface area contributed by atoms with Gasteiger partial charge in [-0.3, -0.25) is 4.79 Å². The molecule has 1 atom stereocenters. The zero-order valence-electron chi connectivity index (χ0n) is 13.5. The molecule has 0 bridgehead atoms. The smallest absolute Gasteiger partial charge is 0.331 e. The molecule has 0 heterocycles. The molecule has 0 aromatic heterocycles. The quantitative estimate of drug-likeness (QED) is 0.365. The standard InChI is InChI=1S/C17H23NO5/c1-5-8-13(9-6-2)11-14(17(22)23-7-3)18-15(19)10-12(4)16(20)21/h5-6,8-9,14H,1,4,7,10-11H2,2-3H3,(H,18,19)(H,20,21)/b9-6-,13-8+. The maximum Gasteiger partial charge on any atom is 0.331 e. The first kappa shape index (κ1) is 20.4. The van der Waals surface area contributed by atoms with Crippen LogP contribution < -0.4 is 5.32 Å². The summed E-state index contributed by atoms with van der Waals surface area (Å²) >= 11 is 0. The van der Waals surface area contributed by atoms with Gasteiger partial charge in [-0.25, -0.2) is 9.59 Å². The van der Waals surface area contributed by atoms with Crippen LogP contribution in [0.1, 0.15) is 26.7 Å². The molecule has 1 unspecified atom stereocenters. The minimum Gasteiger partial charge on any atom is -0.478 e. The predicted molar refractivity (Wildman–Crippen MR) is 87.7 cm³/mol. The van der Waals surface area contributed by atoms with Gasteiger partial charge >= 0.3 is 11.9 Å². The molecule has 0 aliphatic rings. The highest BCUT2D eigenvalue weighted by molar-refractivity contribution is 5.94. The molecule has 0 aromatic carbocycles. The monoisotopic (exact) mass is 321 g/mol. The van der Waals surface area contributed by atoms with Crippen LogP contribution in [0.2, 0.25) is 0 Å². The highest BCUT2D eigenvalue weighted by Gasteiger charge is 2.23. The van der Waals surface area contributed by atoms with Gasteiger partial charge in [-0.1, -0.05) is 37.5 Å². The number of esters is 1. The van der Waals surface area contributed by atoms with Crippen molar-refractivity contribution in [1.29, 1.82) is 0 Å². The first-order valence-corrected chi connectivity index (χ1v) is 7.17. The maximum atomic E-state index is 12.0. The van der Waals surface area contributed by atoms with E-state index in [1.54, 1.807) is 31.2 Å². The number of nitrogens with one attached hydrogen (secondary N) is 1. The van der Waals surface area contributed by atoms with Gasteiger partial charge in [-0.2, -0.15) is 0 Å². The average molecular weight is 321 g/mol. The van der Waals surface area contributed by atoms with Crippen LogP contribution in [0, 0.1) is 0 Å². The summed E-state index contributed by atoms with van der Waals surface area (Å²) in [6.07, 6.45) is 6.69. The average Bonchev–Trinajstić information content (AvgIpc) is 2.47. The Labute approximate surface area is 136 Å². The van der Waals surface area contributed by atoms with Crippen LogP contribution in [-0.4, -0.2) is 35.6 Å². The number of ether oxygens (including phenoxy) is 1. The van der Waals surface area contributed by atoms with Crippen molar-refractivity contribution in [3.63, 3.8) is 0 Å². The summed E-state index contributed by atoms with van der Waals surface area (Å²) < 4.78 is 4.94. The number of carbonyl (C=O) groups is 3. The predicted octanol–water partition coefficient (Wildman–Crippen LogP) is 2.14. The second-order valence-electron chi connectivity index (χ2n) is 4.64. The third-order valence-corrected chi connectivity index (χ3v) is 2.74. The van der Waals surface area contributed by atoms with Crippen molar-refractivity contribution >= 4 is 17.8 Å². The van der Waals surface area contributed by atoms with Crippen molar-refractivity contribution in [1.82, 2.24) is 5.32 Å². The number of hydrogen-bond acceptors (Lipinski definition) is 4. The molecule has 0 spiro atoms.